The Morgan fingerprint density at radius 3 is 1.91 bits per heavy atom. The van der Waals surface area contributed by atoms with Gasteiger partial charge in [0.15, 0.2) is 0 Å². The lowest BCUT2D eigenvalue weighted by atomic mass is 10.0. The smallest absolute Gasteiger partial charge is 0.387 e. The minimum atomic E-state index is -5.07. The summed E-state index contributed by atoms with van der Waals surface area (Å²) in [5.74, 6) is 0. The molecule has 0 bridgehead atoms. The van der Waals surface area contributed by atoms with E-state index in [2.05, 4.69) is 0 Å². The first-order valence-corrected chi connectivity index (χ1v) is 12.6. The zero-order valence-corrected chi connectivity index (χ0v) is 18.8. The molecule has 0 aliphatic heterocycles. The standard InChI is InChI=1S/C22H20F3NO5S2/c1-15(21(27)16-8-4-2-5-9-16)26-33(30,31)20-14-18(12-13-19(20)22(23,24)25)32(28,29)17-10-6-3-7-11-17/h2-15,21,26-27H,1H3/t15-,21-/m1/s1. The van der Waals surface area contributed by atoms with E-state index in [4.69, 9.17) is 0 Å². The van der Waals surface area contributed by atoms with Crippen LogP contribution < -0.4 is 4.72 Å². The number of hydrogen-bond donors (Lipinski definition) is 2. The number of alkyl halides is 3. The number of aliphatic hydroxyl groups excluding tert-OH is 1. The number of sulfonamides is 1. The van der Waals surface area contributed by atoms with Crippen LogP contribution in [0, 0.1) is 0 Å². The molecule has 0 heterocycles. The molecule has 6 nitrogen and oxygen atoms in total. The lowest BCUT2D eigenvalue weighted by Crippen LogP contribution is -2.38. The van der Waals surface area contributed by atoms with Crippen LogP contribution in [0.5, 0.6) is 0 Å². The van der Waals surface area contributed by atoms with Gasteiger partial charge in [-0.1, -0.05) is 48.5 Å². The highest BCUT2D eigenvalue weighted by Gasteiger charge is 2.39. The molecule has 3 aromatic rings. The van der Waals surface area contributed by atoms with E-state index in [1.54, 1.807) is 24.3 Å². The zero-order chi connectivity index (χ0) is 24.4. The highest BCUT2D eigenvalue weighted by atomic mass is 32.2. The average molecular weight is 500 g/mol. The predicted octanol–water partition coefficient (Wildman–Crippen LogP) is 3.94. The van der Waals surface area contributed by atoms with Crippen LogP contribution in [0.2, 0.25) is 0 Å². The number of halogens is 3. The minimum Gasteiger partial charge on any atom is -0.387 e. The molecule has 176 valence electrons. The van der Waals surface area contributed by atoms with Crippen LogP contribution >= 0.6 is 0 Å². The summed E-state index contributed by atoms with van der Waals surface area (Å²) in [4.78, 5) is -2.06. The first-order valence-electron chi connectivity index (χ1n) is 9.61. The Kier molecular flexibility index (Phi) is 6.99. The molecule has 3 rings (SSSR count). The van der Waals surface area contributed by atoms with E-state index in [1.807, 2.05) is 4.72 Å². The molecule has 0 saturated carbocycles. The Balaban J connectivity index is 2.06. The third-order valence-electron chi connectivity index (χ3n) is 4.87. The summed E-state index contributed by atoms with van der Waals surface area (Å²) in [6.07, 6.45) is -6.42. The summed E-state index contributed by atoms with van der Waals surface area (Å²) in [5.41, 5.74) is -1.17. The third kappa shape index (κ3) is 5.44. The van der Waals surface area contributed by atoms with Gasteiger partial charge in [0.25, 0.3) is 0 Å². The van der Waals surface area contributed by atoms with E-state index in [9.17, 15) is 35.1 Å². The van der Waals surface area contributed by atoms with Gasteiger partial charge >= 0.3 is 6.18 Å². The summed E-state index contributed by atoms with van der Waals surface area (Å²) in [6, 6.07) is 15.3. The number of sulfone groups is 1. The van der Waals surface area contributed by atoms with Crippen molar-refractivity contribution < 1.29 is 35.1 Å². The van der Waals surface area contributed by atoms with Crippen molar-refractivity contribution in [3.8, 4) is 0 Å². The second-order valence-electron chi connectivity index (χ2n) is 7.24. The van der Waals surface area contributed by atoms with Gasteiger partial charge in [-0.2, -0.15) is 13.2 Å². The normalized spacial score (nSPS) is 14.6. The van der Waals surface area contributed by atoms with Crippen molar-refractivity contribution in [2.45, 2.75) is 39.9 Å². The van der Waals surface area contributed by atoms with Crippen molar-refractivity contribution in [1.29, 1.82) is 0 Å². The average Bonchev–Trinajstić information content (AvgIpc) is 2.78. The molecular weight excluding hydrogens is 479 g/mol. The van der Waals surface area contributed by atoms with E-state index in [-0.39, 0.29) is 4.90 Å². The molecule has 0 saturated heterocycles. The van der Waals surface area contributed by atoms with Gasteiger partial charge in [-0.3, -0.25) is 0 Å². The number of hydrogen-bond acceptors (Lipinski definition) is 5. The van der Waals surface area contributed by atoms with Crippen LogP contribution in [0.4, 0.5) is 13.2 Å². The van der Waals surface area contributed by atoms with Crippen LogP contribution in [-0.2, 0) is 26.0 Å². The van der Waals surface area contributed by atoms with Gasteiger partial charge in [0.05, 0.1) is 26.4 Å². The van der Waals surface area contributed by atoms with Gasteiger partial charge in [-0.25, -0.2) is 21.6 Å². The largest absolute Gasteiger partial charge is 0.417 e. The SMILES string of the molecule is C[C@@H](NS(=O)(=O)c1cc(S(=O)(=O)c2ccccc2)ccc1C(F)(F)F)[C@@H](O)c1ccccc1. The van der Waals surface area contributed by atoms with Crippen molar-refractivity contribution in [1.82, 2.24) is 4.72 Å². The molecule has 11 heteroatoms. The number of aliphatic hydroxyl groups is 1. The van der Waals surface area contributed by atoms with Gasteiger partial charge < -0.3 is 5.11 Å². The molecule has 2 atom stereocenters. The maximum absolute atomic E-state index is 13.6. The molecule has 0 fully saturated rings. The maximum atomic E-state index is 13.6. The van der Waals surface area contributed by atoms with Crippen LogP contribution in [0.15, 0.2) is 93.5 Å². The summed E-state index contributed by atoms with van der Waals surface area (Å²) in [5, 5.41) is 10.4. The monoisotopic (exact) mass is 499 g/mol. The lowest BCUT2D eigenvalue weighted by molar-refractivity contribution is -0.139. The highest BCUT2D eigenvalue weighted by Crippen LogP contribution is 2.36. The fourth-order valence-electron chi connectivity index (χ4n) is 3.17. The van der Waals surface area contributed by atoms with Crippen molar-refractivity contribution >= 4 is 19.9 Å². The Morgan fingerprint density at radius 2 is 1.36 bits per heavy atom. The Morgan fingerprint density at radius 1 is 0.818 bits per heavy atom. The molecule has 2 N–H and O–H groups in total. The molecular formula is C22H20F3NO5S2. The lowest BCUT2D eigenvalue weighted by Gasteiger charge is -2.22. The van der Waals surface area contributed by atoms with Crippen LogP contribution in [-0.4, -0.2) is 28.0 Å². The van der Waals surface area contributed by atoms with Gasteiger partial charge in [-0.15, -0.1) is 0 Å². The van der Waals surface area contributed by atoms with Gasteiger partial charge in [0.1, 0.15) is 0 Å². The molecule has 0 aliphatic rings. The second kappa shape index (κ2) is 9.26. The molecule has 0 spiro atoms. The third-order valence-corrected chi connectivity index (χ3v) is 8.23. The first kappa shape index (κ1) is 24.9. The molecule has 3 aromatic carbocycles. The fourth-order valence-corrected chi connectivity index (χ4v) is 6.06. The summed E-state index contributed by atoms with van der Waals surface area (Å²) < 4.78 is 94.4. The van der Waals surface area contributed by atoms with E-state index in [1.165, 1.54) is 43.3 Å². The molecule has 0 radical (unpaired) electrons. The fraction of sp³-hybridized carbons (Fsp3) is 0.182. The molecule has 0 aliphatic carbocycles. The Hall–Kier alpha value is -2.73. The van der Waals surface area contributed by atoms with E-state index >= 15 is 0 Å². The summed E-state index contributed by atoms with van der Waals surface area (Å²) in [7, 11) is -9.17. The topological polar surface area (TPSA) is 101 Å². The van der Waals surface area contributed by atoms with E-state index in [0.29, 0.717) is 23.8 Å². The van der Waals surface area contributed by atoms with Crippen molar-refractivity contribution in [2.75, 3.05) is 0 Å². The number of rotatable bonds is 7. The van der Waals surface area contributed by atoms with Gasteiger partial charge in [-0.05, 0) is 42.8 Å². The maximum Gasteiger partial charge on any atom is 0.417 e. The Bertz CT molecular complexity index is 1330. The summed E-state index contributed by atoms with van der Waals surface area (Å²) in [6.45, 7) is 1.28. The van der Waals surface area contributed by atoms with Gasteiger partial charge in [0, 0.05) is 6.04 Å². The van der Waals surface area contributed by atoms with E-state index in [0.717, 1.165) is 0 Å². The number of benzene rings is 3. The molecule has 0 unspecified atom stereocenters. The quantitative estimate of drug-likeness (QED) is 0.513. The first-order chi connectivity index (χ1) is 15.3. The zero-order valence-electron chi connectivity index (χ0n) is 17.2. The van der Waals surface area contributed by atoms with Crippen LogP contribution in [0.25, 0.3) is 0 Å². The molecule has 0 aromatic heterocycles. The second-order valence-corrected chi connectivity index (χ2v) is 10.9. The van der Waals surface area contributed by atoms with Crippen molar-refractivity contribution in [3.63, 3.8) is 0 Å². The van der Waals surface area contributed by atoms with Crippen LogP contribution in [0.1, 0.15) is 24.2 Å². The number of nitrogens with one attached hydrogen (secondary N) is 1. The highest BCUT2D eigenvalue weighted by molar-refractivity contribution is 7.91. The van der Waals surface area contributed by atoms with E-state index < -0.39 is 53.5 Å². The predicted molar refractivity (Wildman–Crippen MR) is 115 cm³/mol. The van der Waals surface area contributed by atoms with Gasteiger partial charge in [0.2, 0.25) is 19.9 Å². The summed E-state index contributed by atoms with van der Waals surface area (Å²) >= 11 is 0. The molecule has 0 amide bonds. The van der Waals surface area contributed by atoms with Crippen molar-refractivity contribution in [3.05, 3.63) is 90.0 Å². The van der Waals surface area contributed by atoms with Crippen molar-refractivity contribution in [2.24, 2.45) is 0 Å². The molecule has 33 heavy (non-hydrogen) atoms. The van der Waals surface area contributed by atoms with Crippen LogP contribution in [0.3, 0.4) is 0 Å². The Labute approximate surface area is 189 Å². The minimum absolute atomic E-state index is 0.200.